The highest BCUT2D eigenvalue weighted by Gasteiger charge is 2.31. The van der Waals surface area contributed by atoms with Crippen LogP contribution in [0.25, 0.3) is 0 Å². The van der Waals surface area contributed by atoms with Crippen molar-refractivity contribution in [2.24, 2.45) is 0 Å². The Morgan fingerprint density at radius 2 is 1.69 bits per heavy atom. The Labute approximate surface area is 210 Å². The number of anilines is 1. The summed E-state index contributed by atoms with van der Waals surface area (Å²) in [4.78, 5) is 14.8. The Kier molecular flexibility index (Phi) is 7.86. The third-order valence-corrected chi connectivity index (χ3v) is 8.10. The van der Waals surface area contributed by atoms with Crippen LogP contribution in [0.2, 0.25) is 5.02 Å². The maximum Gasteiger partial charge on any atom is 0.243 e. The summed E-state index contributed by atoms with van der Waals surface area (Å²) in [6.07, 6.45) is 1.89. The topological polar surface area (TPSA) is 69.7 Å². The molecule has 0 aromatic heterocycles. The van der Waals surface area contributed by atoms with Crippen LogP contribution in [0.4, 0.5) is 10.1 Å². The molecule has 0 unspecified atom stereocenters. The number of benzene rings is 3. The van der Waals surface area contributed by atoms with E-state index >= 15 is 0 Å². The number of nitrogens with zero attached hydrogens (tertiary/aromatic N) is 2. The molecular weight excluding hydrogens is 489 g/mol. The molecule has 0 spiro atoms. The minimum absolute atomic E-state index is 0.0786. The number of rotatable bonds is 10. The van der Waals surface area contributed by atoms with Gasteiger partial charge in [0.25, 0.3) is 0 Å². The molecule has 0 radical (unpaired) electrons. The van der Waals surface area contributed by atoms with Crippen molar-refractivity contribution in [1.82, 2.24) is 9.21 Å². The molecule has 184 valence electrons. The van der Waals surface area contributed by atoms with Gasteiger partial charge in [0.05, 0.1) is 11.4 Å². The van der Waals surface area contributed by atoms with Gasteiger partial charge in [0.1, 0.15) is 5.82 Å². The number of sulfonamides is 1. The minimum atomic E-state index is -3.68. The van der Waals surface area contributed by atoms with E-state index in [4.69, 9.17) is 11.6 Å². The van der Waals surface area contributed by atoms with E-state index in [2.05, 4.69) is 5.32 Å². The summed E-state index contributed by atoms with van der Waals surface area (Å²) in [5.74, 6) is -0.654. The van der Waals surface area contributed by atoms with Gasteiger partial charge in [0, 0.05) is 42.5 Å². The van der Waals surface area contributed by atoms with Gasteiger partial charge in [-0.05, 0) is 54.8 Å². The first-order valence-corrected chi connectivity index (χ1v) is 13.1. The molecule has 1 aliphatic rings. The highest BCUT2D eigenvalue weighted by molar-refractivity contribution is 7.89. The summed E-state index contributed by atoms with van der Waals surface area (Å²) in [6, 6.07) is 20.2. The van der Waals surface area contributed by atoms with E-state index in [1.807, 2.05) is 35.2 Å². The lowest BCUT2D eigenvalue weighted by atomic mass is 10.2. The Balaban J connectivity index is 1.38. The Hall–Kier alpha value is -2.78. The number of hydrogen-bond donors (Lipinski definition) is 1. The summed E-state index contributed by atoms with van der Waals surface area (Å²) < 4.78 is 41.3. The molecular formula is C26H27ClFN3O3S. The maximum absolute atomic E-state index is 14.2. The fourth-order valence-electron chi connectivity index (χ4n) is 3.84. The molecule has 3 aromatic rings. The van der Waals surface area contributed by atoms with Crippen molar-refractivity contribution in [2.75, 3.05) is 18.9 Å². The van der Waals surface area contributed by atoms with E-state index in [9.17, 15) is 17.6 Å². The zero-order valence-electron chi connectivity index (χ0n) is 19.3. The second kappa shape index (κ2) is 10.9. The number of carbonyl (C=O) groups excluding carboxylic acids is 1. The molecule has 1 N–H and O–H groups in total. The van der Waals surface area contributed by atoms with Gasteiger partial charge in [-0.15, -0.1) is 0 Å². The summed E-state index contributed by atoms with van der Waals surface area (Å²) in [5, 5.41) is 3.14. The molecule has 1 saturated carbocycles. The van der Waals surface area contributed by atoms with Crippen LogP contribution in [0.15, 0.2) is 77.7 Å². The number of hydrogen-bond acceptors (Lipinski definition) is 4. The van der Waals surface area contributed by atoms with Gasteiger partial charge in [-0.1, -0.05) is 48.0 Å². The first-order valence-electron chi connectivity index (χ1n) is 11.3. The van der Waals surface area contributed by atoms with E-state index in [0.29, 0.717) is 16.3 Å². The highest BCUT2D eigenvalue weighted by Crippen LogP contribution is 2.30. The molecule has 3 aromatic carbocycles. The molecule has 4 rings (SSSR count). The van der Waals surface area contributed by atoms with E-state index in [1.165, 1.54) is 29.6 Å². The SMILES string of the molecule is CN(Cc1ccccc1)S(=O)(=O)c1ccc(NC(=O)CN(Cc2c(F)cccc2Cl)C2CC2)cc1. The van der Waals surface area contributed by atoms with E-state index in [1.54, 1.807) is 24.3 Å². The van der Waals surface area contributed by atoms with Gasteiger partial charge in [-0.2, -0.15) is 4.31 Å². The predicted octanol–water partition coefficient (Wildman–Crippen LogP) is 4.90. The zero-order chi connectivity index (χ0) is 25.0. The van der Waals surface area contributed by atoms with E-state index in [0.717, 1.165) is 18.4 Å². The third-order valence-electron chi connectivity index (χ3n) is 5.93. The fourth-order valence-corrected chi connectivity index (χ4v) is 5.22. The highest BCUT2D eigenvalue weighted by atomic mass is 35.5. The van der Waals surface area contributed by atoms with Crippen LogP contribution in [0.5, 0.6) is 0 Å². The number of halogens is 2. The molecule has 0 heterocycles. The lowest BCUT2D eigenvalue weighted by Crippen LogP contribution is -2.34. The van der Waals surface area contributed by atoms with Crippen LogP contribution >= 0.6 is 11.6 Å². The van der Waals surface area contributed by atoms with Crippen LogP contribution < -0.4 is 5.32 Å². The summed E-state index contributed by atoms with van der Waals surface area (Å²) in [6.45, 7) is 0.578. The first kappa shape index (κ1) is 25.3. The Morgan fingerprint density at radius 1 is 1.00 bits per heavy atom. The molecule has 9 heteroatoms. The van der Waals surface area contributed by atoms with Gasteiger partial charge in [-0.25, -0.2) is 12.8 Å². The molecule has 6 nitrogen and oxygen atoms in total. The molecule has 0 saturated heterocycles. The zero-order valence-corrected chi connectivity index (χ0v) is 20.9. The van der Waals surface area contributed by atoms with Crippen LogP contribution in [-0.4, -0.2) is 43.2 Å². The molecule has 1 aliphatic carbocycles. The average Bonchev–Trinajstić information content (AvgIpc) is 3.67. The quantitative estimate of drug-likeness (QED) is 0.417. The van der Waals surface area contributed by atoms with E-state index in [-0.39, 0.29) is 36.5 Å². The molecule has 1 fully saturated rings. The van der Waals surface area contributed by atoms with Crippen molar-refractivity contribution in [3.8, 4) is 0 Å². The molecule has 0 atom stereocenters. The fraction of sp³-hybridized carbons (Fsp3) is 0.269. The van der Waals surface area contributed by atoms with Crippen molar-refractivity contribution in [2.45, 2.75) is 36.9 Å². The second-order valence-corrected chi connectivity index (χ2v) is 11.1. The van der Waals surface area contributed by atoms with Gasteiger partial charge in [0.2, 0.25) is 15.9 Å². The lowest BCUT2D eigenvalue weighted by molar-refractivity contribution is -0.117. The second-order valence-electron chi connectivity index (χ2n) is 8.66. The predicted molar refractivity (Wildman–Crippen MR) is 135 cm³/mol. The molecule has 1 amide bonds. The summed E-state index contributed by atoms with van der Waals surface area (Å²) in [7, 11) is -2.15. The van der Waals surface area contributed by atoms with Gasteiger partial charge in [0.15, 0.2) is 0 Å². The van der Waals surface area contributed by atoms with Crippen molar-refractivity contribution in [1.29, 1.82) is 0 Å². The third kappa shape index (κ3) is 6.46. The summed E-state index contributed by atoms with van der Waals surface area (Å²) >= 11 is 6.16. The summed E-state index contributed by atoms with van der Waals surface area (Å²) in [5.41, 5.74) is 1.75. The number of amides is 1. The van der Waals surface area contributed by atoms with Crippen molar-refractivity contribution in [3.05, 3.63) is 94.8 Å². The monoisotopic (exact) mass is 515 g/mol. The molecule has 0 aliphatic heterocycles. The van der Waals surface area contributed by atoms with Crippen molar-refractivity contribution >= 4 is 33.2 Å². The van der Waals surface area contributed by atoms with Crippen LogP contribution in [0, 0.1) is 5.82 Å². The largest absolute Gasteiger partial charge is 0.325 e. The Bertz CT molecular complexity index is 1260. The number of nitrogens with one attached hydrogen (secondary N) is 1. The molecule has 0 bridgehead atoms. The smallest absolute Gasteiger partial charge is 0.243 e. The normalized spacial score (nSPS) is 13.9. The van der Waals surface area contributed by atoms with Gasteiger partial charge in [-0.3, -0.25) is 9.69 Å². The van der Waals surface area contributed by atoms with Crippen LogP contribution in [-0.2, 0) is 27.9 Å². The lowest BCUT2D eigenvalue weighted by Gasteiger charge is -2.22. The first-order chi connectivity index (χ1) is 16.7. The Morgan fingerprint density at radius 3 is 2.31 bits per heavy atom. The minimum Gasteiger partial charge on any atom is -0.325 e. The van der Waals surface area contributed by atoms with Crippen LogP contribution in [0.1, 0.15) is 24.0 Å². The molecule has 35 heavy (non-hydrogen) atoms. The number of carbonyl (C=O) groups is 1. The van der Waals surface area contributed by atoms with Gasteiger partial charge < -0.3 is 5.32 Å². The van der Waals surface area contributed by atoms with Crippen molar-refractivity contribution in [3.63, 3.8) is 0 Å². The van der Waals surface area contributed by atoms with Crippen molar-refractivity contribution < 1.29 is 17.6 Å². The average molecular weight is 516 g/mol. The van der Waals surface area contributed by atoms with Gasteiger partial charge >= 0.3 is 0 Å². The van der Waals surface area contributed by atoms with Crippen LogP contribution in [0.3, 0.4) is 0 Å². The standard InChI is InChI=1S/C26H27ClFN3O3S/c1-30(16-19-6-3-2-4-7-19)35(33,34)22-14-10-20(11-15-22)29-26(32)18-31(21-12-13-21)17-23-24(27)8-5-9-25(23)28/h2-11,14-15,21H,12-13,16-18H2,1H3,(H,29,32). The van der Waals surface area contributed by atoms with E-state index < -0.39 is 15.8 Å². The maximum atomic E-state index is 14.2.